The molecule has 0 saturated carbocycles. The highest BCUT2D eigenvalue weighted by Crippen LogP contribution is 2.36. The maximum absolute atomic E-state index is 11.4. The van der Waals surface area contributed by atoms with Crippen LogP contribution in [0.15, 0.2) is 34.9 Å². The lowest BCUT2D eigenvalue weighted by Gasteiger charge is -2.32. The summed E-state index contributed by atoms with van der Waals surface area (Å²) in [5, 5.41) is 4.67. The molecule has 0 unspecified atom stereocenters. The number of fused-ring (bicyclic) bond motifs is 2. The standard InChI is InChI=1S/C20H21ClN2O5S/c1-20(2)7-6-12-4-5-14(9-17(12)27-20)26-11-13-8-18-15(10-16(13)21)19(22-28-18)23-29(3,24)25/h4-5,8-10H,6-7,11H2,1-3H3,(H,22,23). The zero-order chi connectivity index (χ0) is 20.8. The smallest absolute Gasteiger partial charge is 0.231 e. The Balaban J connectivity index is 1.54. The number of halogens is 1. The average molecular weight is 437 g/mol. The summed E-state index contributed by atoms with van der Waals surface area (Å²) in [6, 6.07) is 9.12. The monoisotopic (exact) mass is 436 g/mol. The van der Waals surface area contributed by atoms with Crippen molar-refractivity contribution in [3.63, 3.8) is 0 Å². The highest BCUT2D eigenvalue weighted by Gasteiger charge is 2.26. The number of benzene rings is 2. The van der Waals surface area contributed by atoms with E-state index in [4.69, 9.17) is 25.6 Å². The van der Waals surface area contributed by atoms with Crippen LogP contribution in [-0.2, 0) is 23.1 Å². The van der Waals surface area contributed by atoms with Crippen LogP contribution in [0.1, 0.15) is 31.4 Å². The van der Waals surface area contributed by atoms with Gasteiger partial charge < -0.3 is 14.0 Å². The van der Waals surface area contributed by atoms with E-state index in [0.717, 1.165) is 24.8 Å². The molecule has 1 N–H and O–H groups in total. The van der Waals surface area contributed by atoms with Crippen LogP contribution in [0, 0.1) is 0 Å². The third-order valence-electron chi connectivity index (χ3n) is 4.74. The van der Waals surface area contributed by atoms with Crippen molar-refractivity contribution < 1.29 is 22.4 Å². The van der Waals surface area contributed by atoms with Gasteiger partial charge in [0.2, 0.25) is 10.0 Å². The van der Waals surface area contributed by atoms with E-state index in [1.54, 1.807) is 12.1 Å². The second-order valence-corrected chi connectivity index (χ2v) is 9.92. The number of aromatic nitrogens is 1. The molecule has 7 nitrogen and oxygen atoms in total. The van der Waals surface area contributed by atoms with Gasteiger partial charge in [-0.3, -0.25) is 4.72 Å². The van der Waals surface area contributed by atoms with Crippen molar-refractivity contribution >= 4 is 38.4 Å². The van der Waals surface area contributed by atoms with Crippen LogP contribution in [0.4, 0.5) is 5.82 Å². The third-order valence-corrected chi connectivity index (χ3v) is 5.65. The van der Waals surface area contributed by atoms with Crippen molar-refractivity contribution in [3.8, 4) is 11.5 Å². The van der Waals surface area contributed by atoms with Gasteiger partial charge in [-0.05, 0) is 50.5 Å². The summed E-state index contributed by atoms with van der Waals surface area (Å²) < 4.78 is 42.4. The minimum Gasteiger partial charge on any atom is -0.489 e. The van der Waals surface area contributed by atoms with Crippen LogP contribution in [-0.4, -0.2) is 25.4 Å². The molecule has 4 rings (SSSR count). The summed E-state index contributed by atoms with van der Waals surface area (Å²) >= 11 is 6.37. The van der Waals surface area contributed by atoms with Crippen LogP contribution in [0.25, 0.3) is 11.0 Å². The molecule has 0 bridgehead atoms. The molecule has 3 aromatic rings. The number of rotatable bonds is 5. The average Bonchev–Trinajstić information content (AvgIpc) is 2.98. The summed E-state index contributed by atoms with van der Waals surface area (Å²) in [6.45, 7) is 4.36. The molecule has 1 aliphatic rings. The first-order chi connectivity index (χ1) is 13.6. The summed E-state index contributed by atoms with van der Waals surface area (Å²) in [4.78, 5) is 0. The fourth-order valence-corrected chi connectivity index (χ4v) is 3.95. The molecule has 0 aliphatic carbocycles. The van der Waals surface area contributed by atoms with Crippen molar-refractivity contribution in [2.24, 2.45) is 0 Å². The van der Waals surface area contributed by atoms with Crippen LogP contribution in [0.5, 0.6) is 11.5 Å². The maximum Gasteiger partial charge on any atom is 0.231 e. The van der Waals surface area contributed by atoms with Crippen molar-refractivity contribution in [3.05, 3.63) is 46.5 Å². The number of nitrogens with one attached hydrogen (secondary N) is 1. The summed E-state index contributed by atoms with van der Waals surface area (Å²) in [5.41, 5.74) is 2.09. The predicted molar refractivity (Wildman–Crippen MR) is 111 cm³/mol. The Labute approximate surface area is 174 Å². The van der Waals surface area contributed by atoms with Gasteiger partial charge in [-0.2, -0.15) is 0 Å². The van der Waals surface area contributed by atoms with Gasteiger partial charge >= 0.3 is 0 Å². The Kier molecular flexibility index (Phi) is 4.86. The normalized spacial score (nSPS) is 15.6. The Morgan fingerprint density at radius 3 is 2.83 bits per heavy atom. The van der Waals surface area contributed by atoms with E-state index in [9.17, 15) is 8.42 Å². The number of hydrogen-bond donors (Lipinski definition) is 1. The van der Waals surface area contributed by atoms with Gasteiger partial charge in [-0.1, -0.05) is 22.8 Å². The minimum absolute atomic E-state index is 0.103. The zero-order valence-electron chi connectivity index (χ0n) is 16.3. The highest BCUT2D eigenvalue weighted by atomic mass is 35.5. The van der Waals surface area contributed by atoms with Crippen LogP contribution >= 0.6 is 11.6 Å². The zero-order valence-corrected chi connectivity index (χ0v) is 17.9. The summed E-state index contributed by atoms with van der Waals surface area (Å²) in [6.07, 6.45) is 2.99. The lowest BCUT2D eigenvalue weighted by atomic mass is 9.94. The van der Waals surface area contributed by atoms with Crippen LogP contribution in [0.3, 0.4) is 0 Å². The SMILES string of the molecule is CC1(C)CCc2ccc(OCc3cc4onc(NS(C)(=O)=O)c4cc3Cl)cc2O1. The van der Waals surface area contributed by atoms with Crippen LogP contribution < -0.4 is 14.2 Å². The molecule has 0 atom stereocenters. The molecule has 2 aromatic carbocycles. The number of nitrogens with zero attached hydrogens (tertiary/aromatic N) is 1. The number of ether oxygens (including phenoxy) is 2. The van der Waals surface area contributed by atoms with Crippen molar-refractivity contribution in [2.75, 3.05) is 11.0 Å². The Morgan fingerprint density at radius 1 is 1.28 bits per heavy atom. The number of hydrogen-bond acceptors (Lipinski definition) is 6. The first-order valence-electron chi connectivity index (χ1n) is 9.10. The number of sulfonamides is 1. The Morgan fingerprint density at radius 2 is 2.07 bits per heavy atom. The van der Waals surface area contributed by atoms with Crippen molar-refractivity contribution in [2.45, 2.75) is 38.9 Å². The predicted octanol–water partition coefficient (Wildman–Crippen LogP) is 4.54. The topological polar surface area (TPSA) is 90.7 Å². The second-order valence-electron chi connectivity index (χ2n) is 7.77. The van der Waals surface area contributed by atoms with Crippen molar-refractivity contribution in [1.82, 2.24) is 5.16 Å². The van der Waals surface area contributed by atoms with Gasteiger partial charge in [0.15, 0.2) is 11.4 Å². The molecule has 1 aromatic heterocycles. The van der Waals surface area contributed by atoms with Gasteiger partial charge in [-0.25, -0.2) is 8.42 Å². The maximum atomic E-state index is 11.4. The molecule has 0 radical (unpaired) electrons. The molecule has 9 heteroatoms. The van der Waals surface area contributed by atoms with Crippen molar-refractivity contribution in [1.29, 1.82) is 0 Å². The van der Waals surface area contributed by atoms with E-state index >= 15 is 0 Å². The number of anilines is 1. The lowest BCUT2D eigenvalue weighted by Crippen LogP contribution is -2.32. The molecule has 2 heterocycles. The van der Waals surface area contributed by atoms with Crippen LogP contribution in [0.2, 0.25) is 5.02 Å². The molecular formula is C20H21ClN2O5S. The molecule has 0 saturated heterocycles. The molecule has 29 heavy (non-hydrogen) atoms. The fraction of sp³-hybridized carbons (Fsp3) is 0.350. The van der Waals surface area contributed by atoms with E-state index in [-0.39, 0.29) is 18.0 Å². The second kappa shape index (κ2) is 7.11. The highest BCUT2D eigenvalue weighted by molar-refractivity contribution is 7.92. The van der Waals surface area contributed by atoms with Gasteiger partial charge in [0.1, 0.15) is 23.7 Å². The van der Waals surface area contributed by atoms with Gasteiger partial charge in [0.05, 0.1) is 11.6 Å². The Hall–Kier alpha value is -2.45. The summed E-state index contributed by atoms with van der Waals surface area (Å²) in [5.74, 6) is 1.62. The van der Waals surface area contributed by atoms with Gasteiger partial charge in [-0.15, -0.1) is 0 Å². The largest absolute Gasteiger partial charge is 0.489 e. The molecular weight excluding hydrogens is 416 g/mol. The van der Waals surface area contributed by atoms with E-state index in [0.29, 0.717) is 27.3 Å². The van der Waals surface area contributed by atoms with Gasteiger partial charge in [0.25, 0.3) is 0 Å². The van der Waals surface area contributed by atoms with E-state index in [2.05, 4.69) is 23.7 Å². The minimum atomic E-state index is -3.48. The summed E-state index contributed by atoms with van der Waals surface area (Å²) in [7, 11) is -3.48. The fourth-order valence-electron chi connectivity index (χ4n) is 3.23. The van der Waals surface area contributed by atoms with E-state index in [1.165, 1.54) is 5.56 Å². The first-order valence-corrected chi connectivity index (χ1v) is 11.4. The molecule has 0 amide bonds. The van der Waals surface area contributed by atoms with E-state index < -0.39 is 10.0 Å². The molecule has 1 aliphatic heterocycles. The Bertz CT molecular complexity index is 1190. The lowest BCUT2D eigenvalue weighted by molar-refractivity contribution is 0.0842. The molecule has 0 spiro atoms. The third kappa shape index (κ3) is 4.43. The van der Waals surface area contributed by atoms with Gasteiger partial charge in [0, 0.05) is 16.7 Å². The quantitative estimate of drug-likeness (QED) is 0.631. The number of aryl methyl sites for hydroxylation is 1. The van der Waals surface area contributed by atoms with E-state index in [1.807, 2.05) is 18.2 Å². The first kappa shape index (κ1) is 19.8. The molecule has 0 fully saturated rings. The molecule has 154 valence electrons.